The van der Waals surface area contributed by atoms with Gasteiger partial charge in [-0.3, -0.25) is 10.00 Å². The molecule has 114 valence electrons. The molecule has 0 aliphatic carbocycles. The van der Waals surface area contributed by atoms with Crippen LogP contribution in [-0.4, -0.2) is 26.4 Å². The highest BCUT2D eigenvalue weighted by molar-refractivity contribution is 5.88. The third-order valence-corrected chi connectivity index (χ3v) is 3.51. The average molecular weight is 289 g/mol. The van der Waals surface area contributed by atoms with E-state index < -0.39 is 0 Å². The molecule has 1 atom stereocenters. The second-order valence-corrected chi connectivity index (χ2v) is 5.44. The Labute approximate surface area is 125 Å². The summed E-state index contributed by atoms with van der Waals surface area (Å²) in [5.74, 6) is 0.694. The molecule has 0 spiro atoms. The van der Waals surface area contributed by atoms with Crippen molar-refractivity contribution in [3.8, 4) is 0 Å². The number of nitrogens with one attached hydrogen (secondary N) is 2. The van der Waals surface area contributed by atoms with Crippen molar-refractivity contribution in [2.75, 3.05) is 5.32 Å². The molecule has 0 fully saturated rings. The molecule has 1 unspecified atom stereocenters. The Bertz CT molecular complexity index is 613. The summed E-state index contributed by atoms with van der Waals surface area (Å²) in [5.41, 5.74) is 2.15. The Morgan fingerprint density at radius 2 is 2.19 bits per heavy atom. The molecule has 6 heteroatoms. The Kier molecular flexibility index (Phi) is 4.67. The summed E-state index contributed by atoms with van der Waals surface area (Å²) in [4.78, 5) is 11.9. The lowest BCUT2D eigenvalue weighted by Gasteiger charge is -2.15. The third kappa shape index (κ3) is 4.11. The highest BCUT2D eigenvalue weighted by Gasteiger charge is 2.10. The summed E-state index contributed by atoms with van der Waals surface area (Å²) in [6.07, 6.45) is 3.87. The van der Waals surface area contributed by atoms with Gasteiger partial charge in [0.15, 0.2) is 0 Å². The van der Waals surface area contributed by atoms with Crippen LogP contribution < -0.4 is 10.6 Å². The normalized spacial score (nSPS) is 12.2. The van der Waals surface area contributed by atoms with Gasteiger partial charge in [-0.25, -0.2) is 4.79 Å². The summed E-state index contributed by atoms with van der Waals surface area (Å²) in [6.45, 7) is 3.91. The van der Waals surface area contributed by atoms with Crippen molar-refractivity contribution in [1.29, 1.82) is 0 Å². The molecular formula is C15H23N5O. The minimum Gasteiger partial charge on any atom is -0.354 e. The van der Waals surface area contributed by atoms with Gasteiger partial charge in [0.05, 0.1) is 5.69 Å². The Morgan fingerprint density at radius 3 is 2.76 bits per heavy atom. The highest BCUT2D eigenvalue weighted by atomic mass is 16.2. The van der Waals surface area contributed by atoms with Crippen LogP contribution >= 0.6 is 0 Å². The van der Waals surface area contributed by atoms with E-state index in [0.29, 0.717) is 5.82 Å². The molecule has 0 aromatic carbocycles. The molecule has 2 rings (SSSR count). The van der Waals surface area contributed by atoms with Crippen LogP contribution in [0.2, 0.25) is 0 Å². The van der Waals surface area contributed by atoms with Gasteiger partial charge < -0.3 is 9.88 Å². The fourth-order valence-electron chi connectivity index (χ4n) is 2.30. The van der Waals surface area contributed by atoms with E-state index >= 15 is 0 Å². The van der Waals surface area contributed by atoms with Crippen LogP contribution in [0.15, 0.2) is 24.4 Å². The minimum atomic E-state index is -0.197. The first kappa shape index (κ1) is 15.2. The summed E-state index contributed by atoms with van der Waals surface area (Å²) in [5, 5.41) is 9.95. The minimum absolute atomic E-state index is 0.106. The average Bonchev–Trinajstić information content (AvgIpc) is 2.93. The molecule has 0 saturated heterocycles. The lowest BCUT2D eigenvalue weighted by atomic mass is 10.1. The van der Waals surface area contributed by atoms with E-state index in [2.05, 4.69) is 26.4 Å². The quantitative estimate of drug-likeness (QED) is 0.886. The maximum absolute atomic E-state index is 11.9. The predicted octanol–water partition coefficient (Wildman–Crippen LogP) is 2.21. The molecule has 0 aliphatic rings. The van der Waals surface area contributed by atoms with E-state index in [4.69, 9.17) is 0 Å². The number of carbonyl (C=O) groups is 1. The van der Waals surface area contributed by atoms with Crippen molar-refractivity contribution >= 4 is 11.8 Å². The second kappa shape index (κ2) is 6.47. The summed E-state index contributed by atoms with van der Waals surface area (Å²) in [6, 6.07) is 5.89. The Balaban J connectivity index is 1.79. The zero-order valence-electron chi connectivity index (χ0n) is 13.1. The molecule has 2 amide bonds. The van der Waals surface area contributed by atoms with Crippen molar-refractivity contribution in [3.05, 3.63) is 35.8 Å². The third-order valence-electron chi connectivity index (χ3n) is 3.51. The molecular weight excluding hydrogens is 266 g/mol. The molecule has 6 nitrogen and oxygen atoms in total. The molecule has 21 heavy (non-hydrogen) atoms. The predicted molar refractivity (Wildman–Crippen MR) is 83.3 cm³/mol. The van der Waals surface area contributed by atoms with Gasteiger partial charge in [-0.1, -0.05) is 0 Å². The fourth-order valence-corrected chi connectivity index (χ4v) is 2.30. The second-order valence-electron chi connectivity index (χ2n) is 5.44. The number of rotatable bonds is 5. The molecule has 2 heterocycles. The molecule has 2 aromatic rings. The number of amides is 2. The van der Waals surface area contributed by atoms with Crippen molar-refractivity contribution in [1.82, 2.24) is 19.7 Å². The van der Waals surface area contributed by atoms with Crippen LogP contribution in [0.4, 0.5) is 10.6 Å². The number of aromatic nitrogens is 3. The van der Waals surface area contributed by atoms with Gasteiger partial charge in [0.1, 0.15) is 5.82 Å². The lowest BCUT2D eigenvalue weighted by Crippen LogP contribution is -2.36. The van der Waals surface area contributed by atoms with E-state index in [0.717, 1.165) is 18.5 Å². The van der Waals surface area contributed by atoms with Crippen LogP contribution in [0, 0.1) is 6.92 Å². The fraction of sp³-hybridized carbons (Fsp3) is 0.467. The smallest absolute Gasteiger partial charge is 0.320 e. The standard InChI is InChI=1S/C15H23N5O/c1-11(7-8-13-6-5-9-19(13)3)16-15(21)17-14-10-12(2)18-20(14)4/h5-6,9-11H,7-8H2,1-4H3,(H2,16,17,21). The lowest BCUT2D eigenvalue weighted by molar-refractivity contribution is 0.248. The largest absolute Gasteiger partial charge is 0.354 e. The van der Waals surface area contributed by atoms with Crippen LogP contribution in [0.3, 0.4) is 0 Å². The van der Waals surface area contributed by atoms with Crippen LogP contribution in [-0.2, 0) is 20.5 Å². The van der Waals surface area contributed by atoms with Gasteiger partial charge in [0, 0.05) is 38.1 Å². The first-order valence-electron chi connectivity index (χ1n) is 7.14. The number of nitrogens with zero attached hydrogens (tertiary/aromatic N) is 3. The van der Waals surface area contributed by atoms with Gasteiger partial charge >= 0.3 is 6.03 Å². The van der Waals surface area contributed by atoms with Crippen LogP contribution in [0.25, 0.3) is 0 Å². The maximum Gasteiger partial charge on any atom is 0.320 e. The van der Waals surface area contributed by atoms with Gasteiger partial charge in [0.2, 0.25) is 0 Å². The SMILES string of the molecule is Cc1cc(NC(=O)NC(C)CCc2cccn2C)n(C)n1. The summed E-state index contributed by atoms with van der Waals surface area (Å²) < 4.78 is 3.76. The molecule has 2 aromatic heterocycles. The van der Waals surface area contributed by atoms with Crippen molar-refractivity contribution < 1.29 is 4.79 Å². The molecule has 0 aliphatic heterocycles. The van der Waals surface area contributed by atoms with E-state index in [1.165, 1.54) is 5.69 Å². The van der Waals surface area contributed by atoms with Gasteiger partial charge in [-0.05, 0) is 38.8 Å². The van der Waals surface area contributed by atoms with Crippen LogP contribution in [0.1, 0.15) is 24.7 Å². The number of urea groups is 1. The molecule has 2 N–H and O–H groups in total. The molecule has 0 radical (unpaired) electrons. The van der Waals surface area contributed by atoms with Crippen molar-refractivity contribution in [2.45, 2.75) is 32.7 Å². The number of hydrogen-bond donors (Lipinski definition) is 2. The number of anilines is 1. The van der Waals surface area contributed by atoms with Crippen molar-refractivity contribution in [2.24, 2.45) is 14.1 Å². The van der Waals surface area contributed by atoms with Gasteiger partial charge in [-0.2, -0.15) is 5.10 Å². The van der Waals surface area contributed by atoms with Crippen LogP contribution in [0.5, 0.6) is 0 Å². The zero-order chi connectivity index (χ0) is 15.4. The molecule has 0 bridgehead atoms. The first-order valence-corrected chi connectivity index (χ1v) is 7.14. The summed E-state index contributed by atoms with van der Waals surface area (Å²) >= 11 is 0. The van der Waals surface area contributed by atoms with E-state index in [-0.39, 0.29) is 12.1 Å². The monoisotopic (exact) mass is 289 g/mol. The number of aryl methyl sites for hydroxylation is 4. The van der Waals surface area contributed by atoms with E-state index in [1.807, 2.05) is 39.2 Å². The Morgan fingerprint density at radius 1 is 1.43 bits per heavy atom. The van der Waals surface area contributed by atoms with Gasteiger partial charge in [-0.15, -0.1) is 0 Å². The number of carbonyl (C=O) groups excluding carboxylic acids is 1. The molecule has 0 saturated carbocycles. The topological polar surface area (TPSA) is 63.9 Å². The summed E-state index contributed by atoms with van der Waals surface area (Å²) in [7, 11) is 3.84. The van der Waals surface area contributed by atoms with Crippen molar-refractivity contribution in [3.63, 3.8) is 0 Å². The Hall–Kier alpha value is -2.24. The first-order chi connectivity index (χ1) is 9.95. The highest BCUT2D eigenvalue weighted by Crippen LogP contribution is 2.08. The number of hydrogen-bond acceptors (Lipinski definition) is 2. The maximum atomic E-state index is 11.9. The zero-order valence-corrected chi connectivity index (χ0v) is 13.1. The van der Waals surface area contributed by atoms with E-state index in [9.17, 15) is 4.79 Å². The van der Waals surface area contributed by atoms with Gasteiger partial charge in [0.25, 0.3) is 0 Å². The van der Waals surface area contributed by atoms with E-state index in [1.54, 1.807) is 11.7 Å².